The lowest BCUT2D eigenvalue weighted by Crippen LogP contribution is -2.53. The van der Waals surface area contributed by atoms with E-state index in [4.69, 9.17) is 14.2 Å². The second kappa shape index (κ2) is 9.39. The van der Waals surface area contributed by atoms with Gasteiger partial charge in [-0.3, -0.25) is 14.4 Å². The number of aryl methyl sites for hydroxylation is 1. The Morgan fingerprint density at radius 3 is 2.13 bits per heavy atom. The Bertz CT molecular complexity index is 935. The summed E-state index contributed by atoms with van der Waals surface area (Å²) in [6.45, 7) is 1.94. The topological polar surface area (TPSA) is 78.9 Å². The van der Waals surface area contributed by atoms with Gasteiger partial charge in [-0.2, -0.15) is 0 Å². The fourth-order valence-corrected chi connectivity index (χ4v) is 4.05. The van der Waals surface area contributed by atoms with Crippen molar-refractivity contribution < 1.29 is 33.0 Å². The number of benzene rings is 2. The van der Waals surface area contributed by atoms with Gasteiger partial charge in [0.05, 0.1) is 26.9 Å². The molecule has 1 aliphatic rings. The first-order chi connectivity index (χ1) is 14.8. The lowest BCUT2D eigenvalue weighted by molar-refractivity contribution is -0.189. The number of ether oxygens (including phenoxy) is 3. The zero-order chi connectivity index (χ0) is 22.6. The summed E-state index contributed by atoms with van der Waals surface area (Å²) in [5, 5.41) is 0. The van der Waals surface area contributed by atoms with Crippen molar-refractivity contribution in [2.45, 2.75) is 25.9 Å². The highest BCUT2D eigenvalue weighted by atomic mass is 19.1. The average Bonchev–Trinajstić information content (AvgIpc) is 2.79. The van der Waals surface area contributed by atoms with Crippen LogP contribution in [0.2, 0.25) is 0 Å². The highest BCUT2D eigenvalue weighted by Crippen LogP contribution is 2.47. The maximum Gasteiger partial charge on any atom is 0.323 e. The van der Waals surface area contributed by atoms with E-state index < -0.39 is 35.2 Å². The first-order valence-electron chi connectivity index (χ1n) is 9.95. The molecule has 0 radical (unpaired) electrons. The Morgan fingerprint density at radius 1 is 1.00 bits per heavy atom. The number of methoxy groups -OCH3 is 2. The molecule has 1 fully saturated rings. The number of hydrogen-bond acceptors (Lipinski definition) is 6. The quantitative estimate of drug-likeness (QED) is 0.395. The molecule has 0 N–H and O–H groups in total. The van der Waals surface area contributed by atoms with E-state index >= 15 is 0 Å². The monoisotopic (exact) mass is 428 g/mol. The highest BCUT2D eigenvalue weighted by Gasteiger charge is 2.58. The van der Waals surface area contributed by atoms with Crippen LogP contribution in [0.4, 0.5) is 4.39 Å². The predicted octanol–water partition coefficient (Wildman–Crippen LogP) is 3.82. The molecule has 0 saturated carbocycles. The van der Waals surface area contributed by atoms with Crippen molar-refractivity contribution in [2.75, 3.05) is 20.8 Å². The van der Waals surface area contributed by atoms with Crippen LogP contribution in [0, 0.1) is 24.1 Å². The summed E-state index contributed by atoms with van der Waals surface area (Å²) in [6, 6.07) is 12.7. The molecule has 6 nitrogen and oxygen atoms in total. The third-order valence-electron chi connectivity index (χ3n) is 5.85. The SMILES string of the molecule is COC(=O)C1(C(=O)OC)C[C@@H](c2ccc(C)cc2)OC[C@H]1CC(=O)c1ccc(F)cc1. The minimum absolute atomic E-state index is 0.0171. The van der Waals surface area contributed by atoms with Crippen LogP contribution in [0.15, 0.2) is 48.5 Å². The number of ketones is 1. The third kappa shape index (κ3) is 4.51. The van der Waals surface area contributed by atoms with E-state index in [9.17, 15) is 18.8 Å². The summed E-state index contributed by atoms with van der Waals surface area (Å²) in [5.74, 6) is -3.13. The van der Waals surface area contributed by atoms with Crippen molar-refractivity contribution in [3.05, 3.63) is 71.0 Å². The molecule has 31 heavy (non-hydrogen) atoms. The van der Waals surface area contributed by atoms with E-state index in [1.54, 1.807) is 0 Å². The van der Waals surface area contributed by atoms with E-state index in [0.717, 1.165) is 11.1 Å². The minimum atomic E-state index is -1.70. The van der Waals surface area contributed by atoms with Gasteiger partial charge in [-0.05, 0) is 36.8 Å². The van der Waals surface area contributed by atoms with Crippen LogP contribution in [0.1, 0.15) is 40.4 Å². The van der Waals surface area contributed by atoms with Crippen LogP contribution in [0.5, 0.6) is 0 Å². The fraction of sp³-hybridized carbons (Fsp3) is 0.375. The molecule has 2 aromatic carbocycles. The van der Waals surface area contributed by atoms with Gasteiger partial charge in [0.1, 0.15) is 5.82 Å². The highest BCUT2D eigenvalue weighted by molar-refractivity contribution is 6.02. The molecule has 164 valence electrons. The Hall–Kier alpha value is -3.06. The standard InChI is InChI=1S/C24H25FO6/c1-15-4-6-17(7-5-15)21-13-24(22(27)29-2,23(28)30-3)18(14-31-21)12-20(26)16-8-10-19(25)11-9-16/h4-11,18,21H,12-14H2,1-3H3/t18-,21+/m1/s1. The van der Waals surface area contributed by atoms with Crippen LogP contribution in [0.3, 0.4) is 0 Å². The van der Waals surface area contributed by atoms with Crippen molar-refractivity contribution in [1.82, 2.24) is 0 Å². The van der Waals surface area contributed by atoms with Gasteiger partial charge >= 0.3 is 11.9 Å². The van der Waals surface area contributed by atoms with Crippen LogP contribution >= 0.6 is 0 Å². The van der Waals surface area contributed by atoms with E-state index in [1.165, 1.54) is 38.5 Å². The van der Waals surface area contributed by atoms with Gasteiger partial charge < -0.3 is 14.2 Å². The molecule has 2 aromatic rings. The van der Waals surface area contributed by atoms with Crippen molar-refractivity contribution in [3.8, 4) is 0 Å². The van der Waals surface area contributed by atoms with Gasteiger partial charge in [-0.1, -0.05) is 29.8 Å². The lowest BCUT2D eigenvalue weighted by Gasteiger charge is -2.42. The minimum Gasteiger partial charge on any atom is -0.468 e. The molecule has 2 atom stereocenters. The molecule has 1 heterocycles. The molecule has 0 aliphatic carbocycles. The number of halogens is 1. The first kappa shape index (κ1) is 22.6. The molecule has 7 heteroatoms. The van der Waals surface area contributed by atoms with Crippen LogP contribution in [-0.2, 0) is 23.8 Å². The van der Waals surface area contributed by atoms with E-state index in [2.05, 4.69) is 0 Å². The summed E-state index contributed by atoms with van der Waals surface area (Å²) in [5.41, 5.74) is 0.457. The third-order valence-corrected chi connectivity index (χ3v) is 5.85. The molecule has 0 bridgehead atoms. The summed E-state index contributed by atoms with van der Waals surface area (Å²) in [6.07, 6.45) is -0.719. The zero-order valence-electron chi connectivity index (χ0n) is 17.7. The largest absolute Gasteiger partial charge is 0.468 e. The maximum absolute atomic E-state index is 13.2. The number of carbonyl (C=O) groups excluding carboxylic acids is 3. The number of rotatable bonds is 6. The molecule has 0 unspecified atom stereocenters. The Labute approximate surface area is 180 Å². The molecule has 1 aliphatic heterocycles. The van der Waals surface area contributed by atoms with E-state index in [-0.39, 0.29) is 30.8 Å². The van der Waals surface area contributed by atoms with Gasteiger partial charge in [-0.15, -0.1) is 0 Å². The summed E-state index contributed by atoms with van der Waals surface area (Å²) in [7, 11) is 2.39. The van der Waals surface area contributed by atoms with Crippen molar-refractivity contribution in [1.29, 1.82) is 0 Å². The zero-order valence-corrected chi connectivity index (χ0v) is 17.7. The second-order valence-electron chi connectivity index (χ2n) is 7.72. The summed E-state index contributed by atoms with van der Waals surface area (Å²) in [4.78, 5) is 38.7. The maximum atomic E-state index is 13.2. The second-order valence-corrected chi connectivity index (χ2v) is 7.72. The normalized spacial score (nSPS) is 20.0. The molecule has 0 amide bonds. The van der Waals surface area contributed by atoms with Gasteiger partial charge in [0, 0.05) is 24.3 Å². The van der Waals surface area contributed by atoms with Crippen molar-refractivity contribution >= 4 is 17.7 Å². The number of esters is 2. The van der Waals surface area contributed by atoms with Gasteiger partial charge in [0.25, 0.3) is 0 Å². The van der Waals surface area contributed by atoms with Crippen LogP contribution in [-0.4, -0.2) is 38.5 Å². The Balaban J connectivity index is 1.95. The van der Waals surface area contributed by atoms with Crippen LogP contribution in [0.25, 0.3) is 0 Å². The van der Waals surface area contributed by atoms with Gasteiger partial charge in [-0.25, -0.2) is 4.39 Å². The molecular weight excluding hydrogens is 403 g/mol. The van der Waals surface area contributed by atoms with Crippen molar-refractivity contribution in [2.24, 2.45) is 11.3 Å². The molecular formula is C24H25FO6. The molecule has 3 rings (SSSR count). The molecule has 1 saturated heterocycles. The summed E-state index contributed by atoms with van der Waals surface area (Å²) >= 11 is 0. The Kier molecular flexibility index (Phi) is 6.85. The fourth-order valence-electron chi connectivity index (χ4n) is 4.05. The van der Waals surface area contributed by atoms with Crippen LogP contribution < -0.4 is 0 Å². The van der Waals surface area contributed by atoms with E-state index in [0.29, 0.717) is 0 Å². The van der Waals surface area contributed by atoms with E-state index in [1.807, 2.05) is 31.2 Å². The number of carbonyl (C=O) groups is 3. The number of hydrogen-bond donors (Lipinski definition) is 0. The smallest absolute Gasteiger partial charge is 0.323 e. The Morgan fingerprint density at radius 2 is 1.58 bits per heavy atom. The summed E-state index contributed by atoms with van der Waals surface area (Å²) < 4.78 is 29.2. The molecule has 0 spiro atoms. The van der Waals surface area contributed by atoms with Crippen molar-refractivity contribution in [3.63, 3.8) is 0 Å². The average molecular weight is 428 g/mol. The predicted molar refractivity (Wildman–Crippen MR) is 110 cm³/mol. The van der Waals surface area contributed by atoms with Gasteiger partial charge in [0.2, 0.25) is 0 Å². The molecule has 0 aromatic heterocycles. The first-order valence-corrected chi connectivity index (χ1v) is 9.95. The van der Waals surface area contributed by atoms with Gasteiger partial charge in [0.15, 0.2) is 11.2 Å². The number of Topliss-reactive ketones (excluding diaryl/α,β-unsaturated/α-hetero) is 1. The lowest BCUT2D eigenvalue weighted by atomic mass is 9.67.